The minimum Gasteiger partial charge on any atom is -0.458 e. The minimum absolute atomic E-state index is 0.115. The van der Waals surface area contributed by atoms with E-state index in [0.717, 1.165) is 17.3 Å². The van der Waals surface area contributed by atoms with Gasteiger partial charge in [-0.05, 0) is 44.4 Å². The van der Waals surface area contributed by atoms with Gasteiger partial charge in [-0.2, -0.15) is 5.10 Å². The standard InChI is InChI=1S/C17H21N5O2/c1-11-4-7-15(24-11)16-18-17(22(20-16)8-3-9-23)13-10-14(12-5-6-12)21(2)19-13/h4,7,10,12,23H,3,5-6,8-9H2,1-2H3. The molecule has 0 radical (unpaired) electrons. The number of hydrogen-bond donors (Lipinski definition) is 1. The normalized spacial score (nSPS) is 14.5. The molecule has 4 rings (SSSR count). The average molecular weight is 327 g/mol. The first kappa shape index (κ1) is 15.1. The van der Waals surface area contributed by atoms with Crippen LogP contribution in [0.1, 0.15) is 36.6 Å². The van der Waals surface area contributed by atoms with Gasteiger partial charge in [-0.25, -0.2) is 9.67 Å². The second-order valence-corrected chi connectivity index (χ2v) is 6.32. The molecule has 0 atom stereocenters. The Morgan fingerprint density at radius 1 is 1.29 bits per heavy atom. The van der Waals surface area contributed by atoms with Crippen molar-refractivity contribution in [3.8, 4) is 23.1 Å². The quantitative estimate of drug-likeness (QED) is 0.752. The fourth-order valence-corrected chi connectivity index (χ4v) is 2.92. The van der Waals surface area contributed by atoms with E-state index in [1.54, 1.807) is 0 Å². The van der Waals surface area contributed by atoms with Crippen molar-refractivity contribution in [2.45, 2.75) is 38.6 Å². The average Bonchev–Trinajstić information content (AvgIpc) is 2.99. The van der Waals surface area contributed by atoms with Crippen LogP contribution in [0.15, 0.2) is 22.6 Å². The molecule has 0 amide bonds. The van der Waals surface area contributed by atoms with Gasteiger partial charge in [0.15, 0.2) is 11.6 Å². The molecule has 0 unspecified atom stereocenters. The van der Waals surface area contributed by atoms with Gasteiger partial charge in [-0.3, -0.25) is 4.68 Å². The van der Waals surface area contributed by atoms with Crippen LogP contribution in [-0.4, -0.2) is 36.3 Å². The summed E-state index contributed by atoms with van der Waals surface area (Å²) in [4.78, 5) is 4.65. The summed E-state index contributed by atoms with van der Waals surface area (Å²) in [6.07, 6.45) is 3.08. The Kier molecular flexibility index (Phi) is 3.72. The molecule has 1 aliphatic rings. The molecule has 0 aliphatic heterocycles. The van der Waals surface area contributed by atoms with E-state index in [-0.39, 0.29) is 6.61 Å². The van der Waals surface area contributed by atoms with Crippen LogP contribution < -0.4 is 0 Å². The van der Waals surface area contributed by atoms with Crippen molar-refractivity contribution in [1.82, 2.24) is 24.5 Å². The fraction of sp³-hybridized carbons (Fsp3) is 0.471. The van der Waals surface area contributed by atoms with Crippen molar-refractivity contribution in [3.63, 3.8) is 0 Å². The zero-order valence-corrected chi connectivity index (χ0v) is 13.9. The van der Waals surface area contributed by atoms with Crippen LogP contribution in [0.5, 0.6) is 0 Å². The molecule has 126 valence electrons. The first-order valence-electron chi connectivity index (χ1n) is 8.32. The zero-order chi connectivity index (χ0) is 16.7. The summed E-state index contributed by atoms with van der Waals surface area (Å²) in [6.45, 7) is 2.60. The molecule has 3 aromatic rings. The lowest BCUT2D eigenvalue weighted by Gasteiger charge is -2.01. The van der Waals surface area contributed by atoms with Gasteiger partial charge in [-0.1, -0.05) is 0 Å². The second kappa shape index (κ2) is 5.90. The lowest BCUT2D eigenvalue weighted by atomic mass is 10.2. The maximum atomic E-state index is 9.15. The maximum Gasteiger partial charge on any atom is 0.217 e. The molecular weight excluding hydrogens is 306 g/mol. The first-order valence-corrected chi connectivity index (χ1v) is 8.32. The van der Waals surface area contributed by atoms with E-state index >= 15 is 0 Å². The van der Waals surface area contributed by atoms with Crippen LogP contribution in [0.2, 0.25) is 0 Å². The third-order valence-corrected chi connectivity index (χ3v) is 4.30. The molecule has 3 aromatic heterocycles. The topological polar surface area (TPSA) is 81.9 Å². The predicted octanol–water partition coefficient (Wildman–Crippen LogP) is 2.51. The number of rotatable bonds is 6. The van der Waals surface area contributed by atoms with E-state index in [0.29, 0.717) is 30.5 Å². The Balaban J connectivity index is 1.74. The molecule has 0 saturated heterocycles. The smallest absolute Gasteiger partial charge is 0.217 e. The third-order valence-electron chi connectivity index (χ3n) is 4.30. The minimum atomic E-state index is 0.115. The molecular formula is C17H21N5O2. The van der Waals surface area contributed by atoms with E-state index in [1.165, 1.54) is 18.5 Å². The van der Waals surface area contributed by atoms with Gasteiger partial charge in [0.05, 0.1) is 0 Å². The highest BCUT2D eigenvalue weighted by Gasteiger charge is 2.28. The molecule has 3 heterocycles. The molecule has 24 heavy (non-hydrogen) atoms. The van der Waals surface area contributed by atoms with E-state index in [2.05, 4.69) is 21.2 Å². The molecule has 0 spiro atoms. The van der Waals surface area contributed by atoms with Crippen molar-refractivity contribution in [1.29, 1.82) is 0 Å². The molecule has 7 heteroatoms. The van der Waals surface area contributed by atoms with Gasteiger partial charge in [0, 0.05) is 31.8 Å². The Hall–Kier alpha value is -2.41. The van der Waals surface area contributed by atoms with Crippen LogP contribution in [0.25, 0.3) is 23.1 Å². The van der Waals surface area contributed by atoms with Gasteiger partial charge in [0.1, 0.15) is 11.5 Å². The summed E-state index contributed by atoms with van der Waals surface area (Å²) in [5.74, 6) is 3.36. The van der Waals surface area contributed by atoms with Gasteiger partial charge in [-0.15, -0.1) is 5.10 Å². The lowest BCUT2D eigenvalue weighted by molar-refractivity contribution is 0.277. The van der Waals surface area contributed by atoms with Crippen LogP contribution in [0.4, 0.5) is 0 Å². The highest BCUT2D eigenvalue weighted by Crippen LogP contribution is 2.40. The number of hydrogen-bond acceptors (Lipinski definition) is 5. The van der Waals surface area contributed by atoms with Crippen molar-refractivity contribution in [3.05, 3.63) is 29.7 Å². The number of aryl methyl sites for hydroxylation is 3. The number of aromatic nitrogens is 5. The van der Waals surface area contributed by atoms with Crippen LogP contribution in [-0.2, 0) is 13.6 Å². The summed E-state index contributed by atoms with van der Waals surface area (Å²) in [5, 5.41) is 18.3. The van der Waals surface area contributed by atoms with Crippen molar-refractivity contribution >= 4 is 0 Å². The Bertz CT molecular complexity index is 856. The van der Waals surface area contributed by atoms with E-state index in [1.807, 2.05) is 35.5 Å². The molecule has 1 saturated carbocycles. The largest absolute Gasteiger partial charge is 0.458 e. The van der Waals surface area contributed by atoms with Gasteiger partial charge in [0.2, 0.25) is 5.82 Å². The molecule has 0 bridgehead atoms. The number of nitrogens with zero attached hydrogens (tertiary/aromatic N) is 5. The first-order chi connectivity index (χ1) is 11.7. The maximum absolute atomic E-state index is 9.15. The highest BCUT2D eigenvalue weighted by molar-refractivity contribution is 5.56. The van der Waals surface area contributed by atoms with Crippen molar-refractivity contribution in [2.24, 2.45) is 7.05 Å². The van der Waals surface area contributed by atoms with Crippen LogP contribution in [0, 0.1) is 6.92 Å². The highest BCUT2D eigenvalue weighted by atomic mass is 16.3. The van der Waals surface area contributed by atoms with Crippen LogP contribution in [0.3, 0.4) is 0 Å². The summed E-state index contributed by atoms with van der Waals surface area (Å²) in [5.41, 5.74) is 2.07. The SMILES string of the molecule is Cc1ccc(-c2nc(-c3cc(C4CC4)n(C)n3)n(CCCO)n2)o1. The third kappa shape index (κ3) is 2.75. The monoisotopic (exact) mass is 327 g/mol. The van der Waals surface area contributed by atoms with E-state index < -0.39 is 0 Å². The summed E-state index contributed by atoms with van der Waals surface area (Å²) >= 11 is 0. The Morgan fingerprint density at radius 3 is 2.79 bits per heavy atom. The summed E-state index contributed by atoms with van der Waals surface area (Å²) < 4.78 is 9.39. The van der Waals surface area contributed by atoms with Gasteiger partial charge in [0.25, 0.3) is 0 Å². The molecule has 7 nitrogen and oxygen atoms in total. The summed E-state index contributed by atoms with van der Waals surface area (Å²) in [7, 11) is 1.97. The predicted molar refractivity (Wildman–Crippen MR) is 88.3 cm³/mol. The number of aliphatic hydroxyl groups is 1. The Morgan fingerprint density at radius 2 is 2.12 bits per heavy atom. The van der Waals surface area contributed by atoms with Gasteiger partial charge < -0.3 is 9.52 Å². The fourth-order valence-electron chi connectivity index (χ4n) is 2.92. The molecule has 1 N–H and O–H groups in total. The zero-order valence-electron chi connectivity index (χ0n) is 13.9. The van der Waals surface area contributed by atoms with Gasteiger partial charge >= 0.3 is 0 Å². The lowest BCUT2D eigenvalue weighted by Crippen LogP contribution is -2.05. The summed E-state index contributed by atoms with van der Waals surface area (Å²) in [6, 6.07) is 5.88. The van der Waals surface area contributed by atoms with Crippen LogP contribution >= 0.6 is 0 Å². The number of furan rings is 1. The number of aliphatic hydroxyl groups excluding tert-OH is 1. The van der Waals surface area contributed by atoms with Crippen molar-refractivity contribution in [2.75, 3.05) is 6.61 Å². The molecule has 0 aromatic carbocycles. The van der Waals surface area contributed by atoms with E-state index in [9.17, 15) is 0 Å². The van der Waals surface area contributed by atoms with E-state index in [4.69, 9.17) is 9.52 Å². The molecule has 1 fully saturated rings. The van der Waals surface area contributed by atoms with Crippen molar-refractivity contribution < 1.29 is 9.52 Å². The Labute approximate surface area is 139 Å². The molecule has 1 aliphatic carbocycles. The second-order valence-electron chi connectivity index (χ2n) is 6.32.